The fourth-order valence-electron chi connectivity index (χ4n) is 13.1. The number of thiocarbonyl (C=S) groups is 1. The number of unbranched alkanes of at least 4 members (excludes halogenated alkanes) is 2. The molecule has 2 aliphatic heterocycles. The van der Waals surface area contributed by atoms with Crippen molar-refractivity contribution in [2.45, 2.75) is 200 Å². The Morgan fingerprint density at radius 1 is 0.661 bits per heavy atom. The van der Waals surface area contributed by atoms with E-state index in [-0.39, 0.29) is 170 Å². The number of carboxylic acid groups (broad SMARTS) is 1. The highest BCUT2D eigenvalue weighted by Gasteiger charge is 2.44. The molecule has 2 aromatic carbocycles. The minimum atomic E-state index is -1.07. The first-order chi connectivity index (χ1) is 51.8. The SMILES string of the molecule is CC[C@H](C)[C@@H]([C@@H](CC(=O)N1CCC[C@H]1[C@H](OC)[C@@H](C)C(=S)N[C@@H](Cc1ccccc1)C(=O)O)OC)N(C)C(=O)[C@@H](NC(=O)[C@H](C(C)C)N(C)C(=O)CCOCCOCCOCCNC(=O)OCc1ccc(NC(=O)[C@H](CCCNC(N)=O)NC(=O)[C@@H](NC(=O)CCCCCN2C(=O)C=CC2=O)C(C)C)cc1)C(C)C. The molecule has 608 valence electrons. The fraction of sp³-hybridized carbons (Fsp3) is 0.649. The van der Waals surface area contributed by atoms with E-state index < -0.39 is 90.2 Å². The normalized spacial score (nSPS) is 16.2. The number of carbonyl (C=O) groups is 12. The lowest BCUT2D eigenvalue weighted by atomic mass is 9.89. The summed E-state index contributed by atoms with van der Waals surface area (Å²) in [4.78, 5) is 163. The molecule has 0 saturated carbocycles. The van der Waals surface area contributed by atoms with Crippen LogP contribution in [0.15, 0.2) is 66.7 Å². The number of likely N-dealkylation sites (tertiary alicyclic amines) is 1. The zero-order valence-corrected chi connectivity index (χ0v) is 66.6. The number of primary amides is 1. The standard InChI is InChI=1S/C77H120N12O19S/c1-14-51(8)68(59(103-12)46-64(94)88-38-22-26-58(88)69(104-13)52(9)73(109)83-57(75(99)100)45-53-23-17-15-18-24-53)87(11)74(98)66(49(4)5)85-72(97)67(50(6)7)86(10)61(91)34-39-105-41-43-107-44-42-106-40-36-80-77(102)108-47-54-28-30-55(31-29-54)81-70(95)56(25-21-35-79-76(78)101)82-71(96)65(48(2)3)84-60(90)27-19-16-20-37-89-62(92)32-33-63(89)93/h15,17-18,23-24,28-33,48-52,56-59,65-69H,14,16,19-22,25-27,34-47H2,1-13H3,(H,80,102)(H,81,95)(H,82,96)(H,83,109)(H,84,90)(H,85,97)(H,99,100)(H3,78,79,101)/t51-,52+,56-,57-,58-,59+,65-,66-,67-,68-,69+/m0/s1. The van der Waals surface area contributed by atoms with Gasteiger partial charge in [-0.1, -0.05) is 130 Å². The number of aliphatic carboxylic acids is 1. The van der Waals surface area contributed by atoms with Crippen LogP contribution in [0.1, 0.15) is 144 Å². The summed E-state index contributed by atoms with van der Waals surface area (Å²) in [6, 6.07) is 9.07. The molecule has 0 bridgehead atoms. The Labute approximate surface area is 647 Å². The molecule has 0 aromatic heterocycles. The zero-order chi connectivity index (χ0) is 80.9. The van der Waals surface area contributed by atoms with Crippen LogP contribution < -0.4 is 43.0 Å². The molecule has 32 heteroatoms. The predicted molar refractivity (Wildman–Crippen MR) is 412 cm³/mol. The van der Waals surface area contributed by atoms with Gasteiger partial charge in [-0.05, 0) is 85.5 Å². The van der Waals surface area contributed by atoms with Gasteiger partial charge in [-0.2, -0.15) is 0 Å². The van der Waals surface area contributed by atoms with E-state index in [0.717, 1.165) is 10.5 Å². The third kappa shape index (κ3) is 31.3. The molecule has 12 amide bonds. The summed E-state index contributed by atoms with van der Waals surface area (Å²) >= 11 is 5.80. The first kappa shape index (κ1) is 92.7. The van der Waals surface area contributed by atoms with Crippen molar-refractivity contribution in [3.8, 4) is 0 Å². The molecule has 31 nitrogen and oxygen atoms in total. The number of amides is 12. The van der Waals surface area contributed by atoms with Crippen LogP contribution in [0, 0.1) is 29.6 Å². The predicted octanol–water partition coefficient (Wildman–Crippen LogP) is 5.01. The van der Waals surface area contributed by atoms with Crippen molar-refractivity contribution in [3.05, 3.63) is 77.9 Å². The first-order valence-corrected chi connectivity index (χ1v) is 38.2. The van der Waals surface area contributed by atoms with Crippen LogP contribution >= 0.6 is 12.2 Å². The second kappa shape index (κ2) is 48.8. The van der Waals surface area contributed by atoms with Crippen LogP contribution in [0.2, 0.25) is 0 Å². The van der Waals surface area contributed by atoms with Gasteiger partial charge in [0.25, 0.3) is 11.8 Å². The fourth-order valence-corrected chi connectivity index (χ4v) is 13.4. The number of rotatable bonds is 51. The van der Waals surface area contributed by atoms with Crippen molar-refractivity contribution in [1.29, 1.82) is 0 Å². The summed E-state index contributed by atoms with van der Waals surface area (Å²) in [6.07, 6.45) is 4.56. The second-order valence-corrected chi connectivity index (χ2v) is 29.1. The number of carbonyl (C=O) groups excluding carboxylic acids is 11. The lowest BCUT2D eigenvalue weighted by molar-refractivity contribution is -0.148. The Morgan fingerprint density at radius 3 is 1.88 bits per heavy atom. The lowest BCUT2D eigenvalue weighted by Gasteiger charge is -2.41. The summed E-state index contributed by atoms with van der Waals surface area (Å²) in [5, 5.41) is 29.5. The van der Waals surface area contributed by atoms with Gasteiger partial charge in [0, 0.05) is 91.1 Å². The Bertz CT molecular complexity index is 3290. The minimum absolute atomic E-state index is 0.0319. The maximum absolute atomic E-state index is 14.8. The second-order valence-electron chi connectivity index (χ2n) is 28.6. The average Bonchev–Trinajstić information content (AvgIpc) is 1.80. The molecule has 1 saturated heterocycles. The number of hydrogen-bond acceptors (Lipinski definition) is 19. The molecule has 0 radical (unpaired) electrons. The van der Waals surface area contributed by atoms with E-state index in [9.17, 15) is 62.6 Å². The van der Waals surface area contributed by atoms with Gasteiger partial charge in [0.05, 0.1) is 81.8 Å². The number of likely N-dealkylation sites (N-methyl/N-ethyl adjacent to an activating group) is 2. The highest BCUT2D eigenvalue weighted by Crippen LogP contribution is 2.31. The van der Waals surface area contributed by atoms with E-state index in [0.29, 0.717) is 61.3 Å². The summed E-state index contributed by atoms with van der Waals surface area (Å²) in [5.41, 5.74) is 7.04. The molecule has 11 atom stereocenters. The molecular weight excluding hydrogens is 1430 g/mol. The van der Waals surface area contributed by atoms with Gasteiger partial charge < -0.3 is 91.2 Å². The molecule has 0 unspecified atom stereocenters. The Morgan fingerprint density at radius 2 is 1.29 bits per heavy atom. The van der Waals surface area contributed by atoms with Crippen LogP contribution in [0.25, 0.3) is 0 Å². The Kier molecular flexibility index (Phi) is 41.5. The number of nitrogens with two attached hydrogens (primary N) is 1. The number of carboxylic acids is 1. The summed E-state index contributed by atoms with van der Waals surface area (Å²) in [6.45, 7) is 18.5. The van der Waals surface area contributed by atoms with Crippen molar-refractivity contribution in [2.24, 2.45) is 35.3 Å². The van der Waals surface area contributed by atoms with Crippen LogP contribution in [0.4, 0.5) is 15.3 Å². The number of ether oxygens (including phenoxy) is 6. The number of nitrogens with one attached hydrogen (secondary N) is 7. The molecule has 2 aromatic rings. The number of alkyl carbamates (subject to hydrolysis) is 1. The van der Waals surface area contributed by atoms with Crippen LogP contribution in [0.5, 0.6) is 0 Å². The largest absolute Gasteiger partial charge is 0.480 e. The van der Waals surface area contributed by atoms with E-state index >= 15 is 0 Å². The monoisotopic (exact) mass is 1550 g/mol. The van der Waals surface area contributed by atoms with Crippen molar-refractivity contribution in [1.82, 2.24) is 51.5 Å². The molecule has 0 aliphatic carbocycles. The van der Waals surface area contributed by atoms with E-state index in [2.05, 4.69) is 37.2 Å². The highest BCUT2D eigenvalue weighted by atomic mass is 32.1. The average molecular weight is 1550 g/mol. The van der Waals surface area contributed by atoms with Crippen molar-refractivity contribution in [2.75, 3.05) is 99.5 Å². The highest BCUT2D eigenvalue weighted by molar-refractivity contribution is 7.80. The molecule has 2 aliphatic rings. The minimum Gasteiger partial charge on any atom is -0.480 e. The van der Waals surface area contributed by atoms with Crippen LogP contribution in [-0.2, 0) is 89.4 Å². The van der Waals surface area contributed by atoms with E-state index in [1.54, 1.807) is 69.1 Å². The first-order valence-electron chi connectivity index (χ1n) is 37.8. The Balaban J connectivity index is 1.16. The zero-order valence-electron chi connectivity index (χ0n) is 65.8. The van der Waals surface area contributed by atoms with Crippen molar-refractivity contribution < 1.29 is 91.1 Å². The number of methoxy groups -OCH3 is 2. The van der Waals surface area contributed by atoms with E-state index in [1.165, 1.54) is 24.2 Å². The number of hydrogen-bond donors (Lipinski definition) is 9. The third-order valence-electron chi connectivity index (χ3n) is 19.5. The number of imide groups is 1. The lowest BCUT2D eigenvalue weighted by Crippen LogP contribution is -2.60. The molecule has 10 N–H and O–H groups in total. The third-order valence-corrected chi connectivity index (χ3v) is 20.0. The summed E-state index contributed by atoms with van der Waals surface area (Å²) in [7, 11) is 6.28. The van der Waals surface area contributed by atoms with Crippen LogP contribution in [0.3, 0.4) is 0 Å². The van der Waals surface area contributed by atoms with E-state index in [1.807, 2.05) is 78.8 Å². The van der Waals surface area contributed by atoms with Crippen molar-refractivity contribution in [3.63, 3.8) is 0 Å². The van der Waals surface area contributed by atoms with Gasteiger partial charge >= 0.3 is 18.1 Å². The maximum atomic E-state index is 14.8. The topological polar surface area (TPSA) is 404 Å². The number of nitrogens with zero attached hydrogens (tertiary/aromatic N) is 4. The Hall–Kier alpha value is -8.69. The van der Waals surface area contributed by atoms with E-state index in [4.69, 9.17) is 46.4 Å². The van der Waals surface area contributed by atoms with Gasteiger partial charge in [-0.3, -0.25) is 48.1 Å². The molecule has 0 spiro atoms. The summed E-state index contributed by atoms with van der Waals surface area (Å²) < 4.78 is 34.4. The van der Waals surface area contributed by atoms with Gasteiger partial charge in [-0.25, -0.2) is 14.4 Å². The molecule has 1 fully saturated rings. The van der Waals surface area contributed by atoms with Gasteiger partial charge in [-0.15, -0.1) is 0 Å². The van der Waals surface area contributed by atoms with Crippen LogP contribution in [-0.4, -0.2) is 250 Å². The quantitative estimate of drug-likeness (QED) is 0.0239. The maximum Gasteiger partial charge on any atom is 0.407 e. The smallest absolute Gasteiger partial charge is 0.407 e. The molecule has 2 heterocycles. The molecular formula is C77H120N12O19S. The summed E-state index contributed by atoms with van der Waals surface area (Å²) in [5.74, 6) is -6.41. The number of urea groups is 1. The number of benzene rings is 2. The molecule has 109 heavy (non-hydrogen) atoms. The van der Waals surface area contributed by atoms with Crippen molar-refractivity contribution >= 4 is 94.2 Å². The molecule has 4 rings (SSSR count). The van der Waals surface area contributed by atoms with Gasteiger partial charge in [0.1, 0.15) is 36.8 Å². The van der Waals surface area contributed by atoms with Gasteiger partial charge in [0.2, 0.25) is 41.4 Å². The number of anilines is 1. The van der Waals surface area contributed by atoms with Gasteiger partial charge in [0.15, 0.2) is 0 Å².